The van der Waals surface area contributed by atoms with Crippen LogP contribution in [0.15, 0.2) is 47.5 Å². The Hall–Kier alpha value is -1.88. The van der Waals surface area contributed by atoms with E-state index in [0.29, 0.717) is 0 Å². The second-order valence-corrected chi connectivity index (χ2v) is 5.25. The van der Waals surface area contributed by atoms with Gasteiger partial charge in [0.2, 0.25) is 0 Å². The topological polar surface area (TPSA) is 33.4 Å². The van der Waals surface area contributed by atoms with Crippen molar-refractivity contribution in [1.29, 1.82) is 0 Å². The minimum Gasteiger partial charge on any atom is -0.376 e. The average molecular weight is 317 g/mol. The summed E-state index contributed by atoms with van der Waals surface area (Å²) in [4.78, 5) is 10.7. The second kappa shape index (κ2) is 4.66. The van der Waals surface area contributed by atoms with Crippen molar-refractivity contribution in [2.45, 2.75) is 0 Å². The molecule has 0 bridgehead atoms. The zero-order valence-electron chi connectivity index (χ0n) is 10.7. The van der Waals surface area contributed by atoms with Crippen LogP contribution in [0.5, 0.6) is 0 Å². The van der Waals surface area contributed by atoms with Crippen LogP contribution in [0.4, 0.5) is 5.69 Å². The van der Waals surface area contributed by atoms with E-state index in [2.05, 4.69) is 53.5 Å². The van der Waals surface area contributed by atoms with Gasteiger partial charge >= 0.3 is 0 Å². The number of hydrogen-bond donors (Lipinski definition) is 0. The highest BCUT2D eigenvalue weighted by atomic mass is 79.9. The lowest BCUT2D eigenvalue weighted by molar-refractivity contribution is 1.08. The summed E-state index contributed by atoms with van der Waals surface area (Å²) >= 11 is 3.52. The summed E-state index contributed by atoms with van der Waals surface area (Å²) in [6, 6.07) is 8.07. The molecular formula is C14H13BrN4. The van der Waals surface area contributed by atoms with Crippen LogP contribution >= 0.6 is 15.9 Å². The van der Waals surface area contributed by atoms with E-state index in [1.807, 2.05) is 26.2 Å². The maximum atomic E-state index is 4.59. The lowest BCUT2D eigenvalue weighted by atomic mass is 10.2. The Kier molecular flexibility index (Phi) is 2.98. The number of nitrogens with zero attached hydrogens (tertiary/aromatic N) is 4. The summed E-state index contributed by atoms with van der Waals surface area (Å²) in [6.45, 7) is 0. The Morgan fingerprint density at radius 1 is 1.11 bits per heavy atom. The first-order valence-electron chi connectivity index (χ1n) is 5.92. The van der Waals surface area contributed by atoms with E-state index in [4.69, 9.17) is 0 Å². The number of imidazole rings is 1. The molecule has 0 radical (unpaired) electrons. The van der Waals surface area contributed by atoms with Gasteiger partial charge in [-0.25, -0.2) is 4.98 Å². The van der Waals surface area contributed by atoms with Crippen molar-refractivity contribution in [3.05, 3.63) is 47.5 Å². The van der Waals surface area contributed by atoms with Gasteiger partial charge in [-0.3, -0.25) is 9.38 Å². The van der Waals surface area contributed by atoms with Gasteiger partial charge in [0.1, 0.15) is 10.4 Å². The van der Waals surface area contributed by atoms with E-state index < -0.39 is 0 Å². The second-order valence-electron chi connectivity index (χ2n) is 4.50. The van der Waals surface area contributed by atoms with Gasteiger partial charge in [-0.15, -0.1) is 0 Å². The predicted octanol–water partition coefficient (Wildman–Crippen LogP) is 3.22. The van der Waals surface area contributed by atoms with Gasteiger partial charge in [0.05, 0.1) is 11.2 Å². The third-order valence-electron chi connectivity index (χ3n) is 3.03. The Morgan fingerprint density at radius 3 is 2.53 bits per heavy atom. The average Bonchev–Trinajstić information content (AvgIpc) is 2.77. The van der Waals surface area contributed by atoms with Gasteiger partial charge in [-0.2, -0.15) is 0 Å². The number of rotatable bonds is 2. The minimum absolute atomic E-state index is 0.851. The molecule has 0 aliphatic carbocycles. The molecule has 0 unspecified atom stereocenters. The SMILES string of the molecule is CN(C)c1ccc2c(Br)nc(-c3ccncc3)n2c1. The predicted molar refractivity (Wildman–Crippen MR) is 80.5 cm³/mol. The minimum atomic E-state index is 0.851. The molecule has 3 aromatic heterocycles. The van der Waals surface area contributed by atoms with E-state index in [9.17, 15) is 0 Å². The lowest BCUT2D eigenvalue weighted by Gasteiger charge is -2.13. The van der Waals surface area contributed by atoms with Crippen molar-refractivity contribution >= 4 is 27.1 Å². The van der Waals surface area contributed by atoms with Gasteiger partial charge in [0.15, 0.2) is 0 Å². The van der Waals surface area contributed by atoms with Crippen LogP contribution in [-0.2, 0) is 0 Å². The van der Waals surface area contributed by atoms with E-state index >= 15 is 0 Å². The smallest absolute Gasteiger partial charge is 0.146 e. The highest BCUT2D eigenvalue weighted by Crippen LogP contribution is 2.27. The number of halogens is 1. The van der Waals surface area contributed by atoms with Crippen molar-refractivity contribution < 1.29 is 0 Å². The molecule has 0 aliphatic heterocycles. The molecule has 0 spiro atoms. The molecule has 0 N–H and O–H groups in total. The molecule has 19 heavy (non-hydrogen) atoms. The fourth-order valence-electron chi connectivity index (χ4n) is 2.01. The Morgan fingerprint density at radius 2 is 1.84 bits per heavy atom. The standard InChI is InChI=1S/C14H13BrN4/c1-18(2)11-3-4-12-13(15)17-14(19(12)9-11)10-5-7-16-8-6-10/h3-9H,1-2H3. The number of anilines is 1. The van der Waals surface area contributed by atoms with Crippen molar-refractivity contribution in [2.75, 3.05) is 19.0 Å². The summed E-state index contributed by atoms with van der Waals surface area (Å²) in [5, 5.41) is 0. The van der Waals surface area contributed by atoms with Crippen molar-refractivity contribution in [2.24, 2.45) is 0 Å². The Labute approximate surface area is 119 Å². The molecule has 0 atom stereocenters. The van der Waals surface area contributed by atoms with Crippen molar-refractivity contribution in [3.8, 4) is 11.4 Å². The molecule has 0 fully saturated rings. The fraction of sp³-hybridized carbons (Fsp3) is 0.143. The molecule has 0 aliphatic rings. The summed E-state index contributed by atoms with van der Waals surface area (Å²) in [5.74, 6) is 0.910. The molecule has 5 heteroatoms. The number of pyridine rings is 2. The van der Waals surface area contributed by atoms with Crippen molar-refractivity contribution in [3.63, 3.8) is 0 Å². The Balaban J connectivity index is 2.27. The summed E-state index contributed by atoms with van der Waals surface area (Å²) in [5.41, 5.74) is 3.23. The Bertz CT molecular complexity index is 719. The molecule has 3 rings (SSSR count). The van der Waals surface area contributed by atoms with E-state index in [0.717, 1.165) is 27.2 Å². The molecule has 3 heterocycles. The molecule has 96 valence electrons. The van der Waals surface area contributed by atoms with Crippen LogP contribution in [-0.4, -0.2) is 28.5 Å². The maximum absolute atomic E-state index is 4.59. The molecule has 0 amide bonds. The summed E-state index contributed by atoms with van der Waals surface area (Å²) in [6.07, 6.45) is 5.64. The normalized spacial score (nSPS) is 10.9. The number of aromatic nitrogens is 3. The van der Waals surface area contributed by atoms with Gasteiger partial charge in [0, 0.05) is 38.2 Å². The molecule has 4 nitrogen and oxygen atoms in total. The van der Waals surface area contributed by atoms with Gasteiger partial charge in [-0.05, 0) is 40.2 Å². The third-order valence-corrected chi connectivity index (χ3v) is 3.61. The van der Waals surface area contributed by atoms with Crippen LogP contribution in [0.1, 0.15) is 0 Å². The molecule has 3 aromatic rings. The van der Waals surface area contributed by atoms with Gasteiger partial charge in [-0.1, -0.05) is 0 Å². The van der Waals surface area contributed by atoms with Crippen LogP contribution in [0.25, 0.3) is 16.9 Å². The van der Waals surface area contributed by atoms with Crippen LogP contribution in [0, 0.1) is 0 Å². The van der Waals surface area contributed by atoms with Crippen LogP contribution in [0.2, 0.25) is 0 Å². The largest absolute Gasteiger partial charge is 0.376 e. The van der Waals surface area contributed by atoms with E-state index in [-0.39, 0.29) is 0 Å². The maximum Gasteiger partial charge on any atom is 0.146 e. The van der Waals surface area contributed by atoms with E-state index in [1.54, 1.807) is 12.4 Å². The highest BCUT2D eigenvalue weighted by Gasteiger charge is 2.11. The number of hydrogen-bond acceptors (Lipinski definition) is 3. The summed E-state index contributed by atoms with van der Waals surface area (Å²) in [7, 11) is 4.05. The fourth-order valence-corrected chi connectivity index (χ4v) is 2.50. The van der Waals surface area contributed by atoms with Gasteiger partial charge < -0.3 is 4.90 Å². The first-order valence-corrected chi connectivity index (χ1v) is 6.71. The first kappa shape index (κ1) is 12.2. The van der Waals surface area contributed by atoms with Gasteiger partial charge in [0.25, 0.3) is 0 Å². The van der Waals surface area contributed by atoms with Crippen molar-refractivity contribution in [1.82, 2.24) is 14.4 Å². The van der Waals surface area contributed by atoms with Crippen LogP contribution < -0.4 is 4.90 Å². The number of fused-ring (bicyclic) bond motifs is 1. The zero-order valence-corrected chi connectivity index (χ0v) is 12.3. The zero-order chi connectivity index (χ0) is 13.4. The first-order chi connectivity index (χ1) is 9.16. The van der Waals surface area contributed by atoms with E-state index in [1.165, 1.54) is 0 Å². The third kappa shape index (κ3) is 2.10. The highest BCUT2D eigenvalue weighted by molar-refractivity contribution is 9.10. The quantitative estimate of drug-likeness (QED) is 0.728. The van der Waals surface area contributed by atoms with Crippen LogP contribution in [0.3, 0.4) is 0 Å². The lowest BCUT2D eigenvalue weighted by Crippen LogP contribution is -2.09. The monoisotopic (exact) mass is 316 g/mol. The molecule has 0 saturated carbocycles. The molecule has 0 saturated heterocycles. The summed E-state index contributed by atoms with van der Waals surface area (Å²) < 4.78 is 2.94. The molecular weight excluding hydrogens is 304 g/mol. The molecule has 0 aromatic carbocycles.